The maximum Gasteiger partial charge on any atom is 0.339 e. The Hall–Kier alpha value is -1.84. The molecule has 1 atom stereocenters. The summed E-state index contributed by atoms with van der Waals surface area (Å²) >= 11 is 0. The molecular formula is C21H32O4. The molecule has 0 fully saturated rings. The maximum atomic E-state index is 12.2. The number of ether oxygens (including phenoxy) is 1. The predicted molar refractivity (Wildman–Crippen MR) is 100 cm³/mol. The van der Waals surface area contributed by atoms with Gasteiger partial charge in [-0.1, -0.05) is 70.4 Å². The van der Waals surface area contributed by atoms with E-state index in [0.29, 0.717) is 0 Å². The molecule has 1 unspecified atom stereocenters. The molecule has 0 amide bonds. The van der Waals surface area contributed by atoms with Crippen molar-refractivity contribution in [1.82, 2.24) is 0 Å². The van der Waals surface area contributed by atoms with Crippen molar-refractivity contribution in [3.05, 3.63) is 35.4 Å². The zero-order chi connectivity index (χ0) is 18.5. The Morgan fingerprint density at radius 2 is 1.44 bits per heavy atom. The molecule has 1 aromatic rings. The average molecular weight is 348 g/mol. The molecule has 0 radical (unpaired) electrons. The van der Waals surface area contributed by atoms with Crippen molar-refractivity contribution < 1.29 is 19.4 Å². The summed E-state index contributed by atoms with van der Waals surface area (Å²) in [5, 5.41) is 9.13. The highest BCUT2D eigenvalue weighted by Gasteiger charge is 2.18. The van der Waals surface area contributed by atoms with E-state index in [1.54, 1.807) is 12.1 Å². The van der Waals surface area contributed by atoms with Crippen LogP contribution in [0.2, 0.25) is 0 Å². The molecule has 0 bridgehead atoms. The van der Waals surface area contributed by atoms with Crippen LogP contribution in [0.15, 0.2) is 24.3 Å². The van der Waals surface area contributed by atoms with Gasteiger partial charge in [-0.15, -0.1) is 0 Å². The van der Waals surface area contributed by atoms with Gasteiger partial charge in [-0.3, -0.25) is 0 Å². The largest absolute Gasteiger partial charge is 0.478 e. The zero-order valence-electron chi connectivity index (χ0n) is 15.6. The standard InChI is InChI=1S/C21H32O4/c1-3-4-5-6-7-8-9-10-11-14-17(2)25-21(24)19-16-13-12-15-18(19)20(22)23/h12-13,15-17H,3-11,14H2,1-2H3,(H,22,23). The first-order valence-corrected chi connectivity index (χ1v) is 9.59. The SMILES string of the molecule is CCCCCCCCCCCC(C)OC(=O)c1ccccc1C(=O)O. The third-order valence-corrected chi connectivity index (χ3v) is 4.40. The van der Waals surface area contributed by atoms with Crippen molar-refractivity contribution in [2.45, 2.75) is 84.2 Å². The van der Waals surface area contributed by atoms with E-state index in [9.17, 15) is 9.59 Å². The van der Waals surface area contributed by atoms with Gasteiger partial charge in [0, 0.05) is 0 Å². The Morgan fingerprint density at radius 1 is 0.920 bits per heavy atom. The molecular weight excluding hydrogens is 316 g/mol. The smallest absolute Gasteiger partial charge is 0.339 e. The van der Waals surface area contributed by atoms with Crippen LogP contribution in [0.25, 0.3) is 0 Å². The van der Waals surface area contributed by atoms with Crippen molar-refractivity contribution in [3.63, 3.8) is 0 Å². The molecule has 0 aliphatic rings. The van der Waals surface area contributed by atoms with Gasteiger partial charge in [-0.25, -0.2) is 9.59 Å². The van der Waals surface area contributed by atoms with E-state index in [1.807, 2.05) is 6.92 Å². The summed E-state index contributed by atoms with van der Waals surface area (Å²) in [5.74, 6) is -1.67. The van der Waals surface area contributed by atoms with Crippen molar-refractivity contribution in [3.8, 4) is 0 Å². The molecule has 0 aliphatic heterocycles. The molecule has 4 nitrogen and oxygen atoms in total. The fraction of sp³-hybridized carbons (Fsp3) is 0.619. The highest BCUT2D eigenvalue weighted by atomic mass is 16.5. The average Bonchev–Trinajstić information content (AvgIpc) is 2.60. The van der Waals surface area contributed by atoms with Crippen molar-refractivity contribution in [2.75, 3.05) is 0 Å². The lowest BCUT2D eigenvalue weighted by Gasteiger charge is -2.14. The summed E-state index contributed by atoms with van der Waals surface area (Å²) in [5.41, 5.74) is 0.108. The van der Waals surface area contributed by atoms with Crippen LogP contribution in [-0.2, 0) is 4.74 Å². The molecule has 0 saturated heterocycles. The first-order valence-electron chi connectivity index (χ1n) is 9.59. The molecule has 0 heterocycles. The lowest BCUT2D eigenvalue weighted by Crippen LogP contribution is -2.17. The Balaban J connectivity index is 2.21. The van der Waals surface area contributed by atoms with E-state index >= 15 is 0 Å². The Kier molecular flexibility index (Phi) is 10.6. The van der Waals surface area contributed by atoms with Crippen LogP contribution in [0.1, 0.15) is 98.8 Å². The molecule has 25 heavy (non-hydrogen) atoms. The Morgan fingerprint density at radius 3 is 2.00 bits per heavy atom. The summed E-state index contributed by atoms with van der Waals surface area (Å²) in [6.07, 6.45) is 11.9. The number of hydrogen-bond donors (Lipinski definition) is 1. The van der Waals surface area contributed by atoms with Crippen LogP contribution >= 0.6 is 0 Å². The number of hydrogen-bond acceptors (Lipinski definition) is 3. The maximum absolute atomic E-state index is 12.2. The van der Waals surface area contributed by atoms with Crippen molar-refractivity contribution in [1.29, 1.82) is 0 Å². The van der Waals surface area contributed by atoms with Crippen LogP contribution in [0, 0.1) is 0 Å². The molecule has 140 valence electrons. The topological polar surface area (TPSA) is 63.6 Å². The Labute approximate surface area is 151 Å². The van der Waals surface area contributed by atoms with Gasteiger partial charge in [0.1, 0.15) is 0 Å². The number of unbranched alkanes of at least 4 members (excludes halogenated alkanes) is 8. The van der Waals surface area contributed by atoms with Crippen LogP contribution in [-0.4, -0.2) is 23.1 Å². The number of benzene rings is 1. The highest BCUT2D eigenvalue weighted by molar-refractivity contribution is 6.02. The number of rotatable bonds is 13. The molecule has 1 aromatic carbocycles. The second kappa shape index (κ2) is 12.5. The first-order chi connectivity index (χ1) is 12.1. The fourth-order valence-corrected chi connectivity index (χ4v) is 2.90. The zero-order valence-corrected chi connectivity index (χ0v) is 15.6. The van der Waals surface area contributed by atoms with Gasteiger partial charge < -0.3 is 9.84 Å². The summed E-state index contributed by atoms with van der Waals surface area (Å²) in [6, 6.07) is 6.17. The normalized spacial score (nSPS) is 11.9. The second-order valence-electron chi connectivity index (χ2n) is 6.68. The van der Waals surface area contributed by atoms with Gasteiger partial charge in [0.05, 0.1) is 17.2 Å². The number of carboxylic acids is 1. The van der Waals surface area contributed by atoms with Gasteiger partial charge in [-0.05, 0) is 31.9 Å². The van der Waals surface area contributed by atoms with E-state index < -0.39 is 11.9 Å². The third-order valence-electron chi connectivity index (χ3n) is 4.40. The quantitative estimate of drug-likeness (QED) is 0.359. The molecule has 4 heteroatoms. The minimum atomic E-state index is -1.11. The van der Waals surface area contributed by atoms with Gasteiger partial charge in [0.25, 0.3) is 0 Å². The minimum absolute atomic E-state index is 0.0113. The number of aromatic carboxylic acids is 1. The van der Waals surface area contributed by atoms with Gasteiger partial charge in [0.2, 0.25) is 0 Å². The molecule has 1 rings (SSSR count). The van der Waals surface area contributed by atoms with E-state index in [1.165, 1.54) is 57.1 Å². The van der Waals surface area contributed by atoms with E-state index in [2.05, 4.69) is 6.92 Å². The number of carbonyl (C=O) groups excluding carboxylic acids is 1. The van der Waals surface area contributed by atoms with Gasteiger partial charge in [-0.2, -0.15) is 0 Å². The van der Waals surface area contributed by atoms with E-state index in [0.717, 1.165) is 19.3 Å². The molecule has 1 N–H and O–H groups in total. The predicted octanol–water partition coefficient (Wildman–Crippen LogP) is 5.85. The third kappa shape index (κ3) is 8.71. The summed E-state index contributed by atoms with van der Waals surface area (Å²) in [6.45, 7) is 4.10. The summed E-state index contributed by atoms with van der Waals surface area (Å²) in [4.78, 5) is 23.3. The molecule has 0 spiro atoms. The van der Waals surface area contributed by atoms with E-state index in [-0.39, 0.29) is 17.2 Å². The minimum Gasteiger partial charge on any atom is -0.478 e. The molecule has 0 aliphatic carbocycles. The van der Waals surface area contributed by atoms with Crippen molar-refractivity contribution >= 4 is 11.9 Å². The van der Waals surface area contributed by atoms with Crippen LogP contribution in [0.4, 0.5) is 0 Å². The summed E-state index contributed by atoms with van der Waals surface area (Å²) in [7, 11) is 0. The van der Waals surface area contributed by atoms with Crippen LogP contribution in [0.5, 0.6) is 0 Å². The van der Waals surface area contributed by atoms with Crippen molar-refractivity contribution in [2.24, 2.45) is 0 Å². The first kappa shape index (κ1) is 21.2. The monoisotopic (exact) mass is 348 g/mol. The highest BCUT2D eigenvalue weighted by Crippen LogP contribution is 2.15. The molecule has 0 saturated carbocycles. The second-order valence-corrected chi connectivity index (χ2v) is 6.68. The lowest BCUT2D eigenvalue weighted by atomic mass is 10.1. The number of esters is 1. The van der Waals surface area contributed by atoms with Crippen LogP contribution < -0.4 is 0 Å². The number of carbonyl (C=O) groups is 2. The Bertz CT molecular complexity index is 524. The lowest BCUT2D eigenvalue weighted by molar-refractivity contribution is 0.0313. The number of carboxylic acid groups (broad SMARTS) is 1. The molecule has 0 aromatic heterocycles. The van der Waals surface area contributed by atoms with Gasteiger partial charge in [0.15, 0.2) is 0 Å². The fourth-order valence-electron chi connectivity index (χ4n) is 2.90. The summed E-state index contributed by atoms with van der Waals surface area (Å²) < 4.78 is 5.40. The van der Waals surface area contributed by atoms with Crippen LogP contribution in [0.3, 0.4) is 0 Å². The van der Waals surface area contributed by atoms with E-state index in [4.69, 9.17) is 9.84 Å². The van der Waals surface area contributed by atoms with Gasteiger partial charge >= 0.3 is 11.9 Å².